The van der Waals surface area contributed by atoms with Crippen LogP contribution in [0.4, 0.5) is 5.69 Å². The summed E-state index contributed by atoms with van der Waals surface area (Å²) in [5.41, 5.74) is 2.97. The summed E-state index contributed by atoms with van der Waals surface area (Å²) in [7, 11) is 0. The van der Waals surface area contributed by atoms with Crippen LogP contribution in [0.5, 0.6) is 0 Å². The molecule has 0 bridgehead atoms. The van der Waals surface area contributed by atoms with Crippen molar-refractivity contribution in [1.29, 1.82) is 0 Å². The zero-order valence-electron chi connectivity index (χ0n) is 12.3. The van der Waals surface area contributed by atoms with Crippen molar-refractivity contribution >= 4 is 5.69 Å². The lowest BCUT2D eigenvalue weighted by atomic mass is 9.85. The summed E-state index contributed by atoms with van der Waals surface area (Å²) in [6.45, 7) is 3.59. The molecule has 1 saturated heterocycles. The summed E-state index contributed by atoms with van der Waals surface area (Å²) in [5, 5.41) is 0. The molecule has 1 saturated carbocycles. The lowest BCUT2D eigenvalue weighted by molar-refractivity contribution is 0.356. The van der Waals surface area contributed by atoms with E-state index in [0.717, 1.165) is 12.0 Å². The molecule has 104 valence electrons. The van der Waals surface area contributed by atoms with Crippen molar-refractivity contribution in [3.05, 3.63) is 29.8 Å². The third kappa shape index (κ3) is 3.13. The first-order chi connectivity index (χ1) is 9.33. The second-order valence-corrected chi connectivity index (χ2v) is 6.56. The van der Waals surface area contributed by atoms with Crippen LogP contribution in [0, 0.1) is 5.92 Å². The number of nitrogens with zero attached hydrogens (tertiary/aromatic N) is 1. The summed E-state index contributed by atoms with van der Waals surface area (Å²) >= 11 is 0. The highest BCUT2D eigenvalue weighted by atomic mass is 15.2. The Morgan fingerprint density at radius 1 is 0.947 bits per heavy atom. The van der Waals surface area contributed by atoms with Crippen LogP contribution < -0.4 is 4.90 Å². The highest BCUT2D eigenvalue weighted by Crippen LogP contribution is 2.29. The summed E-state index contributed by atoms with van der Waals surface area (Å²) < 4.78 is 0. The molecule has 0 N–H and O–H groups in total. The molecule has 0 spiro atoms. The monoisotopic (exact) mass is 257 g/mol. The highest BCUT2D eigenvalue weighted by molar-refractivity contribution is 5.49. The maximum absolute atomic E-state index is 2.56. The average molecular weight is 257 g/mol. The number of anilines is 1. The van der Waals surface area contributed by atoms with Crippen molar-refractivity contribution in [2.75, 3.05) is 11.4 Å². The first-order valence-corrected chi connectivity index (χ1v) is 8.18. The Balaban J connectivity index is 1.61. The normalized spacial score (nSPS) is 24.9. The Bertz CT molecular complexity index is 389. The molecule has 1 aliphatic carbocycles. The van der Waals surface area contributed by atoms with Crippen LogP contribution in [0.3, 0.4) is 0 Å². The fraction of sp³-hybridized carbons (Fsp3) is 0.667. The molecule has 2 aliphatic rings. The average Bonchev–Trinajstić information content (AvgIpc) is 2.87. The van der Waals surface area contributed by atoms with Gasteiger partial charge < -0.3 is 4.90 Å². The first-order valence-electron chi connectivity index (χ1n) is 8.18. The molecule has 1 heterocycles. The van der Waals surface area contributed by atoms with Crippen molar-refractivity contribution < 1.29 is 0 Å². The van der Waals surface area contributed by atoms with Gasteiger partial charge in [-0.25, -0.2) is 0 Å². The summed E-state index contributed by atoms with van der Waals surface area (Å²) in [6, 6.07) is 10.2. The molecule has 1 nitrogen and oxygen atoms in total. The molecule has 3 rings (SSSR count). The molecule has 0 amide bonds. The van der Waals surface area contributed by atoms with Gasteiger partial charge in [0, 0.05) is 18.3 Å². The molecule has 1 aliphatic heterocycles. The van der Waals surface area contributed by atoms with Gasteiger partial charge in [0.2, 0.25) is 0 Å². The SMILES string of the molecule is CC1CCCN1c1ccc(CC2CCCCC2)cc1. The largest absolute Gasteiger partial charge is 0.369 e. The van der Waals surface area contributed by atoms with E-state index in [2.05, 4.69) is 36.1 Å². The third-order valence-electron chi connectivity index (χ3n) is 5.07. The summed E-state index contributed by atoms with van der Waals surface area (Å²) in [5.74, 6) is 0.949. The van der Waals surface area contributed by atoms with Crippen molar-refractivity contribution in [2.24, 2.45) is 5.92 Å². The molecule has 0 aromatic heterocycles. The smallest absolute Gasteiger partial charge is 0.0368 e. The van der Waals surface area contributed by atoms with Crippen LogP contribution in [0.25, 0.3) is 0 Å². The molecule has 1 atom stereocenters. The van der Waals surface area contributed by atoms with Crippen LogP contribution in [-0.4, -0.2) is 12.6 Å². The Morgan fingerprint density at radius 2 is 1.68 bits per heavy atom. The van der Waals surface area contributed by atoms with Crippen LogP contribution in [0.1, 0.15) is 57.4 Å². The van der Waals surface area contributed by atoms with E-state index >= 15 is 0 Å². The Labute approximate surface area is 118 Å². The quantitative estimate of drug-likeness (QED) is 0.752. The Kier molecular flexibility index (Phi) is 4.10. The van der Waals surface area contributed by atoms with Crippen molar-refractivity contribution in [3.63, 3.8) is 0 Å². The number of hydrogen-bond donors (Lipinski definition) is 0. The zero-order valence-corrected chi connectivity index (χ0v) is 12.3. The van der Waals surface area contributed by atoms with Crippen molar-refractivity contribution in [1.82, 2.24) is 0 Å². The minimum atomic E-state index is 0.726. The van der Waals surface area contributed by atoms with Gasteiger partial charge >= 0.3 is 0 Å². The predicted molar refractivity (Wildman–Crippen MR) is 82.8 cm³/mol. The van der Waals surface area contributed by atoms with E-state index in [4.69, 9.17) is 0 Å². The van der Waals surface area contributed by atoms with Crippen molar-refractivity contribution in [2.45, 2.75) is 64.3 Å². The van der Waals surface area contributed by atoms with Gasteiger partial charge in [0.25, 0.3) is 0 Å². The molecule has 19 heavy (non-hydrogen) atoms. The lowest BCUT2D eigenvalue weighted by Gasteiger charge is -2.25. The van der Waals surface area contributed by atoms with Crippen molar-refractivity contribution in [3.8, 4) is 0 Å². The molecular formula is C18H27N. The van der Waals surface area contributed by atoms with Gasteiger partial charge in [-0.1, -0.05) is 44.2 Å². The van der Waals surface area contributed by atoms with Gasteiger partial charge in [0.05, 0.1) is 0 Å². The second-order valence-electron chi connectivity index (χ2n) is 6.56. The summed E-state index contributed by atoms with van der Waals surface area (Å²) in [4.78, 5) is 2.56. The van der Waals surface area contributed by atoms with Crippen LogP contribution in [0.15, 0.2) is 24.3 Å². The van der Waals surface area contributed by atoms with Crippen LogP contribution in [0.2, 0.25) is 0 Å². The molecule has 2 fully saturated rings. The Morgan fingerprint density at radius 3 is 2.32 bits per heavy atom. The third-order valence-corrected chi connectivity index (χ3v) is 5.07. The van der Waals surface area contributed by atoms with Crippen LogP contribution >= 0.6 is 0 Å². The van der Waals surface area contributed by atoms with E-state index in [1.807, 2.05) is 0 Å². The van der Waals surface area contributed by atoms with E-state index < -0.39 is 0 Å². The maximum Gasteiger partial charge on any atom is 0.0368 e. The lowest BCUT2D eigenvalue weighted by Crippen LogP contribution is -2.26. The summed E-state index contributed by atoms with van der Waals surface area (Å²) in [6.07, 6.45) is 11.3. The predicted octanol–water partition coefficient (Wildman–Crippen LogP) is 4.80. The topological polar surface area (TPSA) is 3.24 Å². The van der Waals surface area contributed by atoms with Gasteiger partial charge in [-0.2, -0.15) is 0 Å². The van der Waals surface area contributed by atoms with Gasteiger partial charge in [-0.15, -0.1) is 0 Å². The molecule has 1 aromatic rings. The first kappa shape index (κ1) is 13.0. The molecule has 1 unspecified atom stereocenters. The van der Waals surface area contributed by atoms with Gasteiger partial charge in [-0.05, 0) is 49.8 Å². The fourth-order valence-electron chi connectivity index (χ4n) is 3.86. The molecule has 1 heteroatoms. The van der Waals surface area contributed by atoms with E-state index in [0.29, 0.717) is 0 Å². The number of benzene rings is 1. The van der Waals surface area contributed by atoms with Gasteiger partial charge in [-0.3, -0.25) is 0 Å². The fourth-order valence-corrected chi connectivity index (χ4v) is 3.86. The highest BCUT2D eigenvalue weighted by Gasteiger charge is 2.20. The maximum atomic E-state index is 2.56. The molecular weight excluding hydrogens is 230 g/mol. The second kappa shape index (κ2) is 5.98. The number of hydrogen-bond acceptors (Lipinski definition) is 1. The van der Waals surface area contributed by atoms with E-state index in [-0.39, 0.29) is 0 Å². The molecule has 0 radical (unpaired) electrons. The van der Waals surface area contributed by atoms with E-state index in [9.17, 15) is 0 Å². The minimum absolute atomic E-state index is 0.726. The Hall–Kier alpha value is -0.980. The zero-order chi connectivity index (χ0) is 13.1. The minimum Gasteiger partial charge on any atom is -0.369 e. The standard InChI is InChI=1S/C18H27N/c1-15-6-5-13-19(15)18-11-9-17(10-12-18)14-16-7-3-2-4-8-16/h9-12,15-16H,2-8,13-14H2,1H3. The van der Waals surface area contributed by atoms with Gasteiger partial charge in [0.1, 0.15) is 0 Å². The van der Waals surface area contributed by atoms with E-state index in [1.165, 1.54) is 63.6 Å². The van der Waals surface area contributed by atoms with Crippen LogP contribution in [-0.2, 0) is 6.42 Å². The van der Waals surface area contributed by atoms with Gasteiger partial charge in [0.15, 0.2) is 0 Å². The van der Waals surface area contributed by atoms with E-state index in [1.54, 1.807) is 5.56 Å². The number of rotatable bonds is 3. The molecule has 1 aromatic carbocycles.